The summed E-state index contributed by atoms with van der Waals surface area (Å²) in [6, 6.07) is 16.8. The van der Waals surface area contributed by atoms with Gasteiger partial charge in [-0.15, -0.1) is 0 Å². The van der Waals surface area contributed by atoms with Crippen molar-refractivity contribution in [1.29, 1.82) is 0 Å². The van der Waals surface area contributed by atoms with Crippen LogP contribution < -0.4 is 5.56 Å². The SMILES string of the molecule is O=c1[nH]c(/C(Cl)=C\c2cnc(-c3ccccc3)nc2)nc2ccccc12. The number of nitrogens with zero attached hydrogens (tertiary/aromatic N) is 3. The number of para-hydroxylation sites is 1. The second-order valence-electron chi connectivity index (χ2n) is 5.63. The third kappa shape index (κ3) is 3.25. The molecule has 1 N–H and O–H groups in total. The Morgan fingerprint density at radius 2 is 1.65 bits per heavy atom. The van der Waals surface area contributed by atoms with Crippen molar-refractivity contribution >= 4 is 33.6 Å². The molecule has 0 bridgehead atoms. The molecule has 2 aromatic heterocycles. The van der Waals surface area contributed by atoms with E-state index >= 15 is 0 Å². The molecular weight excluding hydrogens is 348 g/mol. The lowest BCUT2D eigenvalue weighted by molar-refractivity contribution is 1.13. The summed E-state index contributed by atoms with van der Waals surface area (Å²) in [6.07, 6.45) is 5.02. The molecule has 0 atom stereocenters. The Morgan fingerprint density at radius 3 is 2.42 bits per heavy atom. The number of fused-ring (bicyclic) bond motifs is 1. The average molecular weight is 361 g/mol. The molecule has 5 nitrogen and oxygen atoms in total. The first kappa shape index (κ1) is 16.2. The molecule has 0 aliphatic heterocycles. The van der Waals surface area contributed by atoms with E-state index in [1.807, 2.05) is 36.4 Å². The van der Waals surface area contributed by atoms with Gasteiger partial charge in [0.05, 0.1) is 15.9 Å². The predicted molar refractivity (Wildman–Crippen MR) is 104 cm³/mol. The standard InChI is InChI=1S/C20H13ClN4O/c21-16(19-24-17-9-5-4-8-15(17)20(26)25-19)10-13-11-22-18(23-12-13)14-6-2-1-3-7-14/h1-12H,(H,24,25,26)/b16-10+. The lowest BCUT2D eigenvalue weighted by Gasteiger charge is -2.03. The van der Waals surface area contributed by atoms with Crippen molar-refractivity contribution in [3.8, 4) is 11.4 Å². The number of halogens is 1. The van der Waals surface area contributed by atoms with Gasteiger partial charge >= 0.3 is 0 Å². The van der Waals surface area contributed by atoms with E-state index in [-0.39, 0.29) is 5.56 Å². The Bertz CT molecular complexity index is 1150. The van der Waals surface area contributed by atoms with E-state index in [0.29, 0.717) is 33.1 Å². The Morgan fingerprint density at radius 1 is 0.962 bits per heavy atom. The molecule has 0 saturated heterocycles. The van der Waals surface area contributed by atoms with Crippen molar-refractivity contribution < 1.29 is 0 Å². The number of rotatable bonds is 3. The molecule has 0 unspecified atom stereocenters. The van der Waals surface area contributed by atoms with Gasteiger partial charge in [-0.1, -0.05) is 54.1 Å². The molecule has 0 radical (unpaired) electrons. The van der Waals surface area contributed by atoms with Crippen molar-refractivity contribution in [1.82, 2.24) is 19.9 Å². The topological polar surface area (TPSA) is 71.5 Å². The Hall–Kier alpha value is -3.31. The lowest BCUT2D eigenvalue weighted by Crippen LogP contribution is -2.10. The van der Waals surface area contributed by atoms with Gasteiger partial charge in [-0.05, 0) is 18.2 Å². The minimum Gasteiger partial charge on any atom is -0.305 e. The van der Waals surface area contributed by atoms with Crippen LogP contribution in [0.2, 0.25) is 0 Å². The lowest BCUT2D eigenvalue weighted by atomic mass is 10.2. The summed E-state index contributed by atoms with van der Waals surface area (Å²) in [5.41, 5.74) is 2.02. The van der Waals surface area contributed by atoms with Crippen molar-refractivity contribution in [3.63, 3.8) is 0 Å². The Balaban J connectivity index is 1.67. The van der Waals surface area contributed by atoms with Crippen LogP contribution in [0.3, 0.4) is 0 Å². The van der Waals surface area contributed by atoms with Gasteiger partial charge in [0.2, 0.25) is 0 Å². The quantitative estimate of drug-likeness (QED) is 0.596. The molecule has 0 amide bonds. The first-order valence-corrected chi connectivity index (χ1v) is 8.32. The van der Waals surface area contributed by atoms with E-state index < -0.39 is 0 Å². The maximum atomic E-state index is 12.2. The van der Waals surface area contributed by atoms with Crippen molar-refractivity contribution in [3.05, 3.63) is 88.7 Å². The summed E-state index contributed by atoms with van der Waals surface area (Å²) in [5.74, 6) is 0.943. The summed E-state index contributed by atoms with van der Waals surface area (Å²) in [6.45, 7) is 0. The van der Waals surface area contributed by atoms with E-state index in [4.69, 9.17) is 11.6 Å². The minimum atomic E-state index is -0.229. The van der Waals surface area contributed by atoms with E-state index in [0.717, 1.165) is 5.56 Å². The molecule has 0 aliphatic rings. The summed E-state index contributed by atoms with van der Waals surface area (Å²) in [4.78, 5) is 28.0. The zero-order valence-corrected chi connectivity index (χ0v) is 14.3. The van der Waals surface area contributed by atoms with Crippen molar-refractivity contribution in [2.45, 2.75) is 0 Å². The molecule has 0 spiro atoms. The molecule has 2 heterocycles. The highest BCUT2D eigenvalue weighted by Crippen LogP contribution is 2.20. The van der Waals surface area contributed by atoms with Gasteiger partial charge in [0.15, 0.2) is 11.6 Å². The summed E-state index contributed by atoms with van der Waals surface area (Å²) >= 11 is 6.34. The van der Waals surface area contributed by atoms with Crippen LogP contribution in [0.4, 0.5) is 0 Å². The van der Waals surface area contributed by atoms with Crippen LogP contribution >= 0.6 is 11.6 Å². The van der Waals surface area contributed by atoms with Crippen LogP contribution in [0.15, 0.2) is 71.8 Å². The van der Waals surface area contributed by atoms with Gasteiger partial charge in [-0.25, -0.2) is 15.0 Å². The minimum absolute atomic E-state index is 0.229. The second-order valence-corrected chi connectivity index (χ2v) is 6.04. The first-order chi connectivity index (χ1) is 12.7. The van der Waals surface area contributed by atoms with E-state index in [1.165, 1.54) is 0 Å². The van der Waals surface area contributed by atoms with Gasteiger partial charge in [-0.2, -0.15) is 0 Å². The first-order valence-electron chi connectivity index (χ1n) is 7.95. The maximum Gasteiger partial charge on any atom is 0.259 e. The van der Waals surface area contributed by atoms with Crippen LogP contribution in [0.25, 0.3) is 33.4 Å². The van der Waals surface area contributed by atoms with Crippen LogP contribution in [-0.2, 0) is 0 Å². The van der Waals surface area contributed by atoms with Gasteiger partial charge in [0.25, 0.3) is 5.56 Å². The maximum absolute atomic E-state index is 12.2. The Kier molecular flexibility index (Phi) is 4.29. The summed E-state index contributed by atoms with van der Waals surface area (Å²) in [5, 5.41) is 0.833. The fourth-order valence-electron chi connectivity index (χ4n) is 2.56. The van der Waals surface area contributed by atoms with Gasteiger partial charge in [0, 0.05) is 23.5 Å². The smallest absolute Gasteiger partial charge is 0.259 e. The third-order valence-corrected chi connectivity index (χ3v) is 4.12. The number of aromatic amines is 1. The molecular formula is C20H13ClN4O. The monoisotopic (exact) mass is 360 g/mol. The second kappa shape index (κ2) is 6.90. The molecule has 0 saturated carbocycles. The number of nitrogens with one attached hydrogen (secondary N) is 1. The molecule has 2 aromatic carbocycles. The highest BCUT2D eigenvalue weighted by atomic mass is 35.5. The molecule has 6 heteroatoms. The molecule has 0 aliphatic carbocycles. The normalized spacial score (nSPS) is 11.7. The predicted octanol–water partition coefficient (Wildman–Crippen LogP) is 4.12. The number of hydrogen-bond acceptors (Lipinski definition) is 4. The van der Waals surface area contributed by atoms with Crippen LogP contribution in [0.5, 0.6) is 0 Å². The molecule has 126 valence electrons. The van der Waals surface area contributed by atoms with Gasteiger partial charge in [0.1, 0.15) is 0 Å². The number of H-pyrrole nitrogens is 1. The van der Waals surface area contributed by atoms with Crippen molar-refractivity contribution in [2.75, 3.05) is 0 Å². The van der Waals surface area contributed by atoms with Crippen LogP contribution in [0.1, 0.15) is 11.4 Å². The molecule has 26 heavy (non-hydrogen) atoms. The third-order valence-electron chi connectivity index (χ3n) is 3.84. The summed E-state index contributed by atoms with van der Waals surface area (Å²) < 4.78 is 0. The highest BCUT2D eigenvalue weighted by molar-refractivity contribution is 6.50. The fraction of sp³-hybridized carbons (Fsp3) is 0. The van der Waals surface area contributed by atoms with E-state index in [2.05, 4.69) is 19.9 Å². The molecule has 4 aromatic rings. The number of aromatic nitrogens is 4. The number of hydrogen-bond donors (Lipinski definition) is 1. The fourth-order valence-corrected chi connectivity index (χ4v) is 2.78. The van der Waals surface area contributed by atoms with Crippen LogP contribution in [-0.4, -0.2) is 19.9 Å². The zero-order valence-electron chi connectivity index (χ0n) is 13.6. The average Bonchev–Trinajstić information content (AvgIpc) is 2.69. The molecule has 0 fully saturated rings. The summed E-state index contributed by atoms with van der Waals surface area (Å²) in [7, 11) is 0. The van der Waals surface area contributed by atoms with Gasteiger partial charge < -0.3 is 4.98 Å². The van der Waals surface area contributed by atoms with E-state index in [1.54, 1.807) is 36.7 Å². The van der Waals surface area contributed by atoms with Crippen molar-refractivity contribution in [2.24, 2.45) is 0 Å². The van der Waals surface area contributed by atoms with Crippen LogP contribution in [0, 0.1) is 0 Å². The largest absolute Gasteiger partial charge is 0.305 e. The Labute approximate surface area is 154 Å². The molecule has 4 rings (SSSR count). The van der Waals surface area contributed by atoms with Gasteiger partial charge in [-0.3, -0.25) is 4.79 Å². The highest BCUT2D eigenvalue weighted by Gasteiger charge is 2.07. The van der Waals surface area contributed by atoms with E-state index in [9.17, 15) is 4.79 Å². The number of benzene rings is 2. The zero-order chi connectivity index (χ0) is 17.9.